The molecule has 6 aromatic rings. The summed E-state index contributed by atoms with van der Waals surface area (Å²) in [6, 6.07) is 21.9. The van der Waals surface area contributed by atoms with Gasteiger partial charge < -0.3 is 0 Å². The van der Waals surface area contributed by atoms with Gasteiger partial charge in [0.25, 0.3) is 0 Å². The van der Waals surface area contributed by atoms with Crippen molar-refractivity contribution in [3.8, 4) is 5.69 Å². The quantitative estimate of drug-likeness (QED) is 0.269. The van der Waals surface area contributed by atoms with Gasteiger partial charge in [0.2, 0.25) is 0 Å². The molecule has 0 bridgehead atoms. The maximum absolute atomic E-state index is 5.25. The minimum absolute atomic E-state index is 0.390. The van der Waals surface area contributed by atoms with E-state index in [-0.39, 0.29) is 0 Å². The second-order valence-electron chi connectivity index (χ2n) is 10.1. The lowest BCUT2D eigenvalue weighted by Crippen LogP contribution is -2.29. The Morgan fingerprint density at radius 3 is 2.18 bits per heavy atom. The number of rotatable bonds is 3. The van der Waals surface area contributed by atoms with Gasteiger partial charge in [0.15, 0.2) is 5.52 Å². The Balaban J connectivity index is 1.98. The van der Waals surface area contributed by atoms with Crippen LogP contribution in [0.25, 0.3) is 44.4 Å². The number of nitrogens with zero attached hydrogens (tertiary/aromatic N) is 4. The number of benzene rings is 3. The molecule has 0 saturated carbocycles. The van der Waals surface area contributed by atoms with Crippen molar-refractivity contribution in [3.63, 3.8) is 0 Å². The molecule has 0 fully saturated rings. The highest BCUT2D eigenvalue weighted by molar-refractivity contribution is 6.05. The summed E-state index contributed by atoms with van der Waals surface area (Å²) in [5.74, 6) is 1.75. The highest BCUT2D eigenvalue weighted by Crippen LogP contribution is 2.38. The molecule has 0 unspecified atom stereocenters. The lowest BCUT2D eigenvalue weighted by atomic mass is 9.92. The van der Waals surface area contributed by atoms with E-state index in [1.54, 1.807) is 0 Å². The van der Waals surface area contributed by atoms with E-state index in [9.17, 15) is 0 Å². The summed E-state index contributed by atoms with van der Waals surface area (Å²) in [5, 5.41) is 2.48. The predicted molar refractivity (Wildman–Crippen MR) is 141 cm³/mol. The molecule has 0 radical (unpaired) electrons. The number of imidazole rings is 2. The van der Waals surface area contributed by atoms with Gasteiger partial charge in [-0.3, -0.25) is 4.57 Å². The van der Waals surface area contributed by atoms with E-state index in [2.05, 4.69) is 122 Å². The predicted octanol–water partition coefficient (Wildman–Crippen LogP) is 6.96. The van der Waals surface area contributed by atoms with E-state index >= 15 is 0 Å². The molecule has 0 aliphatic rings. The molecule has 0 aliphatic heterocycles. The Labute approximate surface area is 200 Å². The number of aromatic nitrogens is 4. The fraction of sp³-hybridized carbons (Fsp3) is 0.267. The van der Waals surface area contributed by atoms with E-state index < -0.39 is 0 Å². The van der Waals surface area contributed by atoms with Crippen molar-refractivity contribution in [2.75, 3.05) is 0 Å². The summed E-state index contributed by atoms with van der Waals surface area (Å²) in [5.41, 5.74) is 9.80. The van der Waals surface area contributed by atoms with Crippen LogP contribution < -0.4 is 4.57 Å². The maximum Gasteiger partial charge on any atom is 0.314 e. The summed E-state index contributed by atoms with van der Waals surface area (Å²) >= 11 is 0. The Hall–Kier alpha value is -3.66. The molecule has 0 spiro atoms. The van der Waals surface area contributed by atoms with Gasteiger partial charge in [-0.05, 0) is 41.5 Å². The standard InChI is InChI=1S/C30H31N4/c1-18(2)22-14-10-15-23(19(3)4)27(22)33-28-24-13-8-7-12-21(24)17-32(6)29(28)34-26-20(5)11-9-16-25(26)31-30(33)34/h7-19H,1-6H3/q+1. The van der Waals surface area contributed by atoms with Crippen LogP contribution >= 0.6 is 0 Å². The van der Waals surface area contributed by atoms with Gasteiger partial charge in [-0.1, -0.05) is 82.3 Å². The highest BCUT2D eigenvalue weighted by Gasteiger charge is 2.30. The molecule has 3 aromatic carbocycles. The van der Waals surface area contributed by atoms with Crippen LogP contribution in [0.5, 0.6) is 0 Å². The van der Waals surface area contributed by atoms with Crippen LogP contribution in [-0.4, -0.2) is 14.0 Å². The first-order chi connectivity index (χ1) is 16.4. The smallest absolute Gasteiger partial charge is 0.251 e. The van der Waals surface area contributed by atoms with Crippen LogP contribution in [-0.2, 0) is 7.05 Å². The Morgan fingerprint density at radius 2 is 1.47 bits per heavy atom. The van der Waals surface area contributed by atoms with Crippen molar-refractivity contribution >= 4 is 38.7 Å². The van der Waals surface area contributed by atoms with Gasteiger partial charge >= 0.3 is 11.4 Å². The van der Waals surface area contributed by atoms with Crippen molar-refractivity contribution < 1.29 is 4.57 Å². The fourth-order valence-electron chi connectivity index (χ4n) is 5.58. The van der Waals surface area contributed by atoms with Crippen LogP contribution in [0.3, 0.4) is 0 Å². The second-order valence-corrected chi connectivity index (χ2v) is 10.1. The zero-order valence-corrected chi connectivity index (χ0v) is 20.8. The maximum atomic E-state index is 5.25. The third-order valence-electron chi connectivity index (χ3n) is 7.16. The average molecular weight is 448 g/mol. The number of fused-ring (bicyclic) bond motifs is 7. The fourth-order valence-corrected chi connectivity index (χ4v) is 5.58. The summed E-state index contributed by atoms with van der Waals surface area (Å²) in [6.07, 6.45) is 2.24. The van der Waals surface area contributed by atoms with E-state index in [1.807, 2.05) is 0 Å². The van der Waals surface area contributed by atoms with Crippen molar-refractivity contribution in [2.24, 2.45) is 7.05 Å². The number of hydrogen-bond acceptors (Lipinski definition) is 1. The van der Waals surface area contributed by atoms with Gasteiger partial charge in [0, 0.05) is 10.8 Å². The van der Waals surface area contributed by atoms with Gasteiger partial charge in [-0.25, -0.2) is 4.57 Å². The van der Waals surface area contributed by atoms with Gasteiger partial charge in [0.1, 0.15) is 11.0 Å². The molecule has 4 nitrogen and oxygen atoms in total. The minimum atomic E-state index is 0.390. The van der Waals surface area contributed by atoms with Crippen LogP contribution in [0.15, 0.2) is 66.9 Å². The van der Waals surface area contributed by atoms with Gasteiger partial charge in [0.05, 0.1) is 18.9 Å². The molecule has 6 rings (SSSR count). The van der Waals surface area contributed by atoms with Gasteiger partial charge in [-0.2, -0.15) is 9.38 Å². The number of aryl methyl sites for hydroxylation is 2. The summed E-state index contributed by atoms with van der Waals surface area (Å²) < 4.78 is 7.08. The monoisotopic (exact) mass is 447 g/mol. The van der Waals surface area contributed by atoms with Crippen molar-refractivity contribution in [1.29, 1.82) is 0 Å². The van der Waals surface area contributed by atoms with Gasteiger partial charge in [-0.15, -0.1) is 0 Å². The van der Waals surface area contributed by atoms with E-state index in [1.165, 1.54) is 49.8 Å². The molecule has 34 heavy (non-hydrogen) atoms. The molecule has 0 aliphatic carbocycles. The Bertz CT molecular complexity index is 1700. The summed E-state index contributed by atoms with van der Waals surface area (Å²) in [6.45, 7) is 11.3. The summed E-state index contributed by atoms with van der Waals surface area (Å²) in [4.78, 5) is 5.25. The number of hydrogen-bond donors (Lipinski definition) is 0. The SMILES string of the molecule is Cc1cccc2nc3n(-c4c(C(C)C)cccc4C(C)C)c4c5ccccc5c[n+](C)c4n3c12. The molecule has 0 N–H and O–H groups in total. The van der Waals surface area contributed by atoms with Crippen LogP contribution in [0.1, 0.15) is 56.2 Å². The largest absolute Gasteiger partial charge is 0.314 e. The zero-order valence-electron chi connectivity index (χ0n) is 20.8. The Morgan fingerprint density at radius 1 is 0.794 bits per heavy atom. The van der Waals surface area contributed by atoms with Crippen molar-refractivity contribution in [3.05, 3.63) is 83.6 Å². The third kappa shape index (κ3) is 2.78. The normalized spacial score (nSPS) is 12.4. The molecule has 170 valence electrons. The molecule has 3 aromatic heterocycles. The lowest BCUT2D eigenvalue weighted by molar-refractivity contribution is -0.645. The zero-order chi connectivity index (χ0) is 23.7. The molecule has 4 heteroatoms. The highest BCUT2D eigenvalue weighted by atomic mass is 15.3. The van der Waals surface area contributed by atoms with Crippen molar-refractivity contribution in [2.45, 2.75) is 46.5 Å². The first-order valence-corrected chi connectivity index (χ1v) is 12.2. The molecular weight excluding hydrogens is 416 g/mol. The second kappa shape index (κ2) is 7.42. The van der Waals surface area contributed by atoms with E-state index in [4.69, 9.17) is 4.98 Å². The third-order valence-corrected chi connectivity index (χ3v) is 7.16. The first-order valence-electron chi connectivity index (χ1n) is 12.2. The van der Waals surface area contributed by atoms with Crippen LogP contribution in [0, 0.1) is 6.92 Å². The van der Waals surface area contributed by atoms with Crippen LogP contribution in [0.2, 0.25) is 0 Å². The minimum Gasteiger partial charge on any atom is -0.251 e. The van der Waals surface area contributed by atoms with Crippen molar-refractivity contribution in [1.82, 2.24) is 14.0 Å². The number of para-hydroxylation sites is 2. The molecule has 0 amide bonds. The topological polar surface area (TPSA) is 26.1 Å². The van der Waals surface area contributed by atoms with Crippen LogP contribution in [0.4, 0.5) is 0 Å². The first kappa shape index (κ1) is 20.9. The molecule has 3 heterocycles. The van der Waals surface area contributed by atoms with E-state index in [0.717, 1.165) is 11.3 Å². The molecular formula is C30H31N4+. The average Bonchev–Trinajstić information content (AvgIpc) is 3.34. The van der Waals surface area contributed by atoms with E-state index in [0.29, 0.717) is 11.8 Å². The summed E-state index contributed by atoms with van der Waals surface area (Å²) in [7, 11) is 2.15. The number of pyridine rings is 1. The molecule has 0 saturated heterocycles. The molecule has 0 atom stereocenters. The Kier molecular flexibility index (Phi) is 4.57. The lowest BCUT2D eigenvalue weighted by Gasteiger charge is -2.20.